The van der Waals surface area contributed by atoms with Crippen LogP contribution in [0.1, 0.15) is 57.2 Å². The average molecular weight is 705 g/mol. The van der Waals surface area contributed by atoms with Gasteiger partial charge in [0.2, 0.25) is 5.91 Å². The summed E-state index contributed by atoms with van der Waals surface area (Å²) in [6.07, 6.45) is 0.104. The number of para-hydroxylation sites is 1. The summed E-state index contributed by atoms with van der Waals surface area (Å²) in [6.45, 7) is 7.31. The highest BCUT2D eigenvalue weighted by Crippen LogP contribution is 2.36. The van der Waals surface area contributed by atoms with Crippen LogP contribution in [0.15, 0.2) is 66.7 Å². The van der Waals surface area contributed by atoms with Crippen LogP contribution in [0.5, 0.6) is 11.5 Å². The van der Waals surface area contributed by atoms with E-state index in [1.807, 2.05) is 26.0 Å². The lowest BCUT2D eigenvalue weighted by molar-refractivity contribution is -0.155. The number of Topliss-reactive ketones (excluding diaryl/α,β-unsaturated/α-hetero) is 1. The number of nitrogens with zero attached hydrogens (tertiary/aromatic N) is 4. The number of ketones is 1. The number of benzene rings is 3. The highest BCUT2D eigenvalue weighted by molar-refractivity contribution is 6.02. The van der Waals surface area contributed by atoms with Crippen LogP contribution in [0.4, 0.5) is 21.9 Å². The van der Waals surface area contributed by atoms with E-state index in [4.69, 9.17) is 27.1 Å². The molecule has 3 atom stereocenters. The van der Waals surface area contributed by atoms with E-state index >= 15 is 0 Å². The fourth-order valence-corrected chi connectivity index (χ4v) is 6.10. The van der Waals surface area contributed by atoms with Crippen LogP contribution < -0.4 is 47.4 Å². The fourth-order valence-electron chi connectivity index (χ4n) is 6.10. The number of urea groups is 1. The quantitative estimate of drug-likeness (QED) is 0.115. The Kier molecular flexibility index (Phi) is 12.3. The molecule has 1 aliphatic rings. The molecule has 0 spiro atoms. The van der Waals surface area contributed by atoms with E-state index in [0.29, 0.717) is 40.5 Å². The molecule has 0 radical (unpaired) electrons. The molecule has 7 N–H and O–H groups in total. The lowest BCUT2D eigenvalue weighted by Crippen LogP contribution is -2.58. The minimum Gasteiger partial charge on any atom is -0.493 e. The first-order chi connectivity index (χ1) is 24.1. The molecule has 51 heavy (non-hydrogen) atoms. The maximum absolute atomic E-state index is 14.1. The Morgan fingerprint density at radius 3 is 2.20 bits per heavy atom. The summed E-state index contributed by atoms with van der Waals surface area (Å²) in [7, 11) is 4.78. The van der Waals surface area contributed by atoms with Gasteiger partial charge in [-0.15, -0.1) is 0 Å². The van der Waals surface area contributed by atoms with Crippen molar-refractivity contribution < 1.29 is 33.5 Å². The molecule has 15 nitrogen and oxygen atoms in total. The van der Waals surface area contributed by atoms with Crippen molar-refractivity contribution in [1.29, 1.82) is 0 Å². The second-order valence-electron chi connectivity index (χ2n) is 13.1. The normalized spacial score (nSPS) is 16.6. The maximum Gasteiger partial charge on any atom is 0.357 e. The minimum absolute atomic E-state index is 0.0485. The van der Waals surface area contributed by atoms with Gasteiger partial charge in [0.1, 0.15) is 0 Å². The summed E-state index contributed by atoms with van der Waals surface area (Å²) in [5.74, 6) is 16.4. The summed E-state index contributed by atoms with van der Waals surface area (Å²) in [5, 5.41) is 3.33. The van der Waals surface area contributed by atoms with Gasteiger partial charge in [-0.1, -0.05) is 24.3 Å². The highest BCUT2D eigenvalue weighted by Gasteiger charge is 2.42. The van der Waals surface area contributed by atoms with E-state index in [-0.39, 0.29) is 30.6 Å². The van der Waals surface area contributed by atoms with Gasteiger partial charge >= 0.3 is 12.0 Å². The number of hydrazine groups is 3. The van der Waals surface area contributed by atoms with E-state index in [1.54, 1.807) is 80.4 Å². The number of likely N-dealkylation sites (N-methyl/N-ethyl adjacent to an activating group) is 1. The minimum atomic E-state index is -1.04. The number of aryl methyl sites for hydroxylation is 1. The van der Waals surface area contributed by atoms with E-state index in [9.17, 15) is 19.2 Å². The first-order valence-corrected chi connectivity index (χ1v) is 16.4. The predicted octanol–water partition coefficient (Wildman–Crippen LogP) is 3.66. The van der Waals surface area contributed by atoms with Crippen molar-refractivity contribution in [2.75, 3.05) is 36.2 Å². The lowest BCUT2D eigenvalue weighted by Gasteiger charge is -2.42. The Morgan fingerprint density at radius 2 is 1.59 bits per heavy atom. The molecule has 0 aliphatic carbocycles. The van der Waals surface area contributed by atoms with Crippen LogP contribution in [0, 0.1) is 12.8 Å². The number of rotatable bonds is 13. The fraction of sp³-hybridized carbons (Fsp3) is 0.389. The Hall–Kier alpha value is -5.22. The Morgan fingerprint density at radius 1 is 0.961 bits per heavy atom. The zero-order valence-electron chi connectivity index (χ0n) is 30.1. The SMILES string of the molecule is COc1ccc([C@H](CC(=O)ON)N2NC(C)CC(CC(=O)C(C)(C)N(C)c3ccc(N(N)C(=O)N(N)c4ccccc4C)cc3)C2=O)cc1OC. The third-order valence-electron chi connectivity index (χ3n) is 9.43. The molecule has 1 heterocycles. The topological polar surface area (TPSA) is 199 Å². The van der Waals surface area contributed by atoms with E-state index in [2.05, 4.69) is 10.3 Å². The molecule has 1 fully saturated rings. The molecule has 2 unspecified atom stereocenters. The second kappa shape index (κ2) is 16.2. The molecule has 0 saturated carbocycles. The molecule has 1 saturated heterocycles. The van der Waals surface area contributed by atoms with E-state index in [0.717, 1.165) is 15.6 Å². The van der Waals surface area contributed by atoms with Crippen molar-refractivity contribution in [3.05, 3.63) is 77.9 Å². The van der Waals surface area contributed by atoms with Crippen LogP contribution in [-0.2, 0) is 19.2 Å². The maximum atomic E-state index is 14.1. The van der Waals surface area contributed by atoms with Crippen LogP contribution >= 0.6 is 0 Å². The largest absolute Gasteiger partial charge is 0.493 e. The summed E-state index contributed by atoms with van der Waals surface area (Å²) in [6, 6.07) is 17.4. The first kappa shape index (κ1) is 38.6. The number of methoxy groups -OCH3 is 2. The third kappa shape index (κ3) is 8.40. The van der Waals surface area contributed by atoms with Crippen molar-refractivity contribution in [2.45, 2.75) is 64.6 Å². The Labute approximate surface area is 298 Å². The monoisotopic (exact) mass is 704 g/mol. The van der Waals surface area contributed by atoms with Gasteiger partial charge in [-0.25, -0.2) is 31.9 Å². The summed E-state index contributed by atoms with van der Waals surface area (Å²) in [5.41, 5.74) is 5.13. The molecule has 3 amide bonds. The van der Waals surface area contributed by atoms with Crippen molar-refractivity contribution in [1.82, 2.24) is 10.4 Å². The predicted molar refractivity (Wildman–Crippen MR) is 193 cm³/mol. The van der Waals surface area contributed by atoms with Gasteiger partial charge in [-0.3, -0.25) is 19.4 Å². The Balaban J connectivity index is 1.50. The zero-order chi connectivity index (χ0) is 37.6. The smallest absolute Gasteiger partial charge is 0.357 e. The van der Waals surface area contributed by atoms with E-state index in [1.165, 1.54) is 19.2 Å². The number of amides is 3. The number of carbonyl (C=O) groups is 4. The van der Waals surface area contributed by atoms with E-state index < -0.39 is 29.5 Å². The van der Waals surface area contributed by atoms with Crippen LogP contribution in [-0.4, -0.2) is 61.5 Å². The van der Waals surface area contributed by atoms with Gasteiger partial charge < -0.3 is 19.2 Å². The molecule has 0 bridgehead atoms. The van der Waals surface area contributed by atoms with Gasteiger partial charge in [0.05, 0.1) is 43.6 Å². The molecule has 274 valence electrons. The molecule has 0 aromatic heterocycles. The number of nitrogens with two attached hydrogens (primary N) is 3. The molecular formula is C36H48N8O7. The van der Waals surface area contributed by atoms with Crippen molar-refractivity contribution >= 4 is 40.8 Å². The van der Waals surface area contributed by atoms with Crippen molar-refractivity contribution in [3.63, 3.8) is 0 Å². The molecule has 1 aliphatic heterocycles. The van der Waals surface area contributed by atoms with Crippen molar-refractivity contribution in [2.24, 2.45) is 23.5 Å². The van der Waals surface area contributed by atoms with Gasteiger partial charge in [-0.2, -0.15) is 5.90 Å². The number of anilines is 3. The summed E-state index contributed by atoms with van der Waals surface area (Å²) in [4.78, 5) is 59.8. The highest BCUT2D eigenvalue weighted by atomic mass is 16.7. The number of hydrogen-bond donors (Lipinski definition) is 4. The summed E-state index contributed by atoms with van der Waals surface area (Å²) < 4.78 is 10.8. The lowest BCUT2D eigenvalue weighted by atomic mass is 9.84. The third-order valence-corrected chi connectivity index (χ3v) is 9.43. The van der Waals surface area contributed by atoms with Crippen molar-refractivity contribution in [3.8, 4) is 11.5 Å². The summed E-state index contributed by atoms with van der Waals surface area (Å²) >= 11 is 0. The van der Waals surface area contributed by atoms with Gasteiger partial charge in [-0.05, 0) is 87.7 Å². The number of ether oxygens (including phenoxy) is 2. The van der Waals surface area contributed by atoms with Gasteiger partial charge in [0.15, 0.2) is 17.3 Å². The number of hydrogen-bond acceptors (Lipinski definition) is 12. The second-order valence-corrected chi connectivity index (χ2v) is 13.1. The molecule has 4 rings (SSSR count). The molecule has 15 heteroatoms. The first-order valence-electron chi connectivity index (χ1n) is 16.4. The average Bonchev–Trinajstić information content (AvgIpc) is 3.13. The standard InChI is InChI=1S/C36H48N8O7/c1-22-10-8-9-11-28(22)43(38)35(48)42(37)27-15-13-26(14-16-27)41(5)36(3,4)32(45)20-25-18-23(2)40-44(34(25)47)29(21-33(46)51-39)24-12-17-30(49-6)31(19-24)50-7/h8-17,19,23,25,29,40H,18,20-21,37-39H2,1-7H3/t23?,25?,29-/m0/s1. The van der Waals surface area contributed by atoms with Crippen LogP contribution in [0.3, 0.4) is 0 Å². The van der Waals surface area contributed by atoms with Crippen LogP contribution in [0.25, 0.3) is 0 Å². The van der Waals surface area contributed by atoms with Gasteiger partial charge in [0, 0.05) is 31.1 Å². The molecular weight excluding hydrogens is 656 g/mol. The molecule has 3 aromatic rings. The molecule has 3 aromatic carbocycles. The van der Waals surface area contributed by atoms with Gasteiger partial charge in [0.25, 0.3) is 0 Å². The van der Waals surface area contributed by atoms with Crippen LogP contribution in [0.2, 0.25) is 0 Å². The number of carbonyl (C=O) groups excluding carboxylic acids is 4. The number of nitrogens with one attached hydrogen (secondary N) is 1. The zero-order valence-corrected chi connectivity index (χ0v) is 30.1. The Bertz CT molecular complexity index is 1730.